The normalized spacial score (nSPS) is 27.8. The summed E-state index contributed by atoms with van der Waals surface area (Å²) in [7, 11) is 0. The molecule has 4 nitrogen and oxygen atoms in total. The van der Waals surface area contributed by atoms with Crippen LogP contribution in [0, 0.1) is 4.77 Å². The highest BCUT2D eigenvalue weighted by atomic mass is 32.2. The fourth-order valence-corrected chi connectivity index (χ4v) is 3.06. The number of nitrogens with zero attached hydrogens (tertiary/aromatic N) is 3. The van der Waals surface area contributed by atoms with Crippen molar-refractivity contribution in [2.45, 2.75) is 37.0 Å². The summed E-state index contributed by atoms with van der Waals surface area (Å²) in [6, 6.07) is 0.476. The van der Waals surface area contributed by atoms with Gasteiger partial charge >= 0.3 is 0 Å². The molecule has 14 heavy (non-hydrogen) atoms. The van der Waals surface area contributed by atoms with Crippen molar-refractivity contribution in [1.29, 1.82) is 0 Å². The fourth-order valence-electron chi connectivity index (χ4n) is 2.01. The van der Waals surface area contributed by atoms with Gasteiger partial charge in [0.1, 0.15) is 0 Å². The van der Waals surface area contributed by atoms with Gasteiger partial charge < -0.3 is 0 Å². The van der Waals surface area contributed by atoms with Crippen LogP contribution >= 0.6 is 24.0 Å². The Balaban J connectivity index is 2.12. The Morgan fingerprint density at radius 2 is 2.43 bits per heavy atom. The topological polar surface area (TPSA) is 46.5 Å². The van der Waals surface area contributed by atoms with Crippen LogP contribution in [0.4, 0.5) is 0 Å². The Labute approximate surface area is 92.4 Å². The molecular formula is C8H14N4S2. The van der Waals surface area contributed by atoms with Crippen molar-refractivity contribution < 1.29 is 0 Å². The van der Waals surface area contributed by atoms with E-state index in [1.54, 1.807) is 0 Å². The lowest BCUT2D eigenvalue weighted by Gasteiger charge is -2.27. The number of thioether (sulfide) groups is 1. The molecule has 2 atom stereocenters. The first-order valence-electron chi connectivity index (χ1n) is 4.83. The van der Waals surface area contributed by atoms with Gasteiger partial charge in [-0.2, -0.15) is 17.0 Å². The zero-order valence-electron chi connectivity index (χ0n) is 8.14. The molecule has 1 saturated carbocycles. The van der Waals surface area contributed by atoms with Crippen LogP contribution in [0.15, 0.2) is 0 Å². The van der Waals surface area contributed by atoms with Gasteiger partial charge in [0.15, 0.2) is 0 Å². The fraction of sp³-hybridized carbons (Fsp3) is 0.875. The summed E-state index contributed by atoms with van der Waals surface area (Å²) >= 11 is 7.04. The Hall–Kier alpha value is -0.360. The van der Waals surface area contributed by atoms with Crippen molar-refractivity contribution in [2.75, 3.05) is 6.26 Å². The van der Waals surface area contributed by atoms with Crippen molar-refractivity contribution in [3.05, 3.63) is 4.77 Å². The number of hydrogen-bond acceptors (Lipinski definition) is 4. The Morgan fingerprint density at radius 3 is 3.07 bits per heavy atom. The van der Waals surface area contributed by atoms with E-state index in [1.807, 2.05) is 16.4 Å². The van der Waals surface area contributed by atoms with Gasteiger partial charge in [0, 0.05) is 5.25 Å². The molecule has 1 aromatic rings. The van der Waals surface area contributed by atoms with Crippen LogP contribution in [0.1, 0.15) is 31.7 Å². The first-order chi connectivity index (χ1) is 6.81. The molecule has 0 aliphatic heterocycles. The second kappa shape index (κ2) is 4.44. The van der Waals surface area contributed by atoms with Crippen LogP contribution in [0.5, 0.6) is 0 Å². The summed E-state index contributed by atoms with van der Waals surface area (Å²) in [5.41, 5.74) is 0. The smallest absolute Gasteiger partial charge is 0.238 e. The number of aromatic amines is 1. The van der Waals surface area contributed by atoms with Crippen molar-refractivity contribution in [3.63, 3.8) is 0 Å². The van der Waals surface area contributed by atoms with E-state index in [9.17, 15) is 0 Å². The molecule has 0 amide bonds. The van der Waals surface area contributed by atoms with Gasteiger partial charge in [-0.1, -0.05) is 16.7 Å². The van der Waals surface area contributed by atoms with Crippen LogP contribution in [0.2, 0.25) is 0 Å². The maximum atomic E-state index is 5.09. The molecule has 2 unspecified atom stereocenters. The molecule has 1 aliphatic carbocycles. The van der Waals surface area contributed by atoms with Gasteiger partial charge in [-0.15, -0.1) is 0 Å². The third-order valence-corrected chi connectivity index (χ3v) is 4.16. The van der Waals surface area contributed by atoms with Gasteiger partial charge in [0.05, 0.1) is 6.04 Å². The molecule has 1 N–H and O–H groups in total. The van der Waals surface area contributed by atoms with Crippen molar-refractivity contribution in [1.82, 2.24) is 20.2 Å². The minimum Gasteiger partial charge on any atom is -0.239 e. The molecule has 0 aromatic carbocycles. The third kappa shape index (κ3) is 2.00. The lowest BCUT2D eigenvalue weighted by Crippen LogP contribution is -2.21. The second-order valence-corrected chi connectivity index (χ2v) is 5.13. The lowest BCUT2D eigenvalue weighted by molar-refractivity contribution is 0.328. The van der Waals surface area contributed by atoms with Crippen LogP contribution in [0.3, 0.4) is 0 Å². The van der Waals surface area contributed by atoms with Crippen molar-refractivity contribution in [2.24, 2.45) is 0 Å². The molecule has 0 bridgehead atoms. The first kappa shape index (κ1) is 10.2. The minimum absolute atomic E-state index is 0.476. The average Bonchev–Trinajstić information content (AvgIpc) is 2.65. The average molecular weight is 230 g/mol. The maximum Gasteiger partial charge on any atom is 0.238 e. The summed E-state index contributed by atoms with van der Waals surface area (Å²) in [4.78, 5) is 0. The van der Waals surface area contributed by atoms with Crippen LogP contribution < -0.4 is 0 Å². The summed E-state index contributed by atoms with van der Waals surface area (Å²) in [6.07, 6.45) is 7.15. The maximum absolute atomic E-state index is 5.09. The molecule has 2 rings (SSSR count). The van der Waals surface area contributed by atoms with Gasteiger partial charge in [-0.25, -0.2) is 4.68 Å². The van der Waals surface area contributed by atoms with Gasteiger partial charge in [-0.05, 0) is 37.7 Å². The lowest BCUT2D eigenvalue weighted by atomic mass is 9.95. The number of hydrogen-bond donors (Lipinski definition) is 1. The van der Waals surface area contributed by atoms with E-state index in [4.69, 9.17) is 12.2 Å². The predicted molar refractivity (Wildman–Crippen MR) is 60.0 cm³/mol. The predicted octanol–water partition coefficient (Wildman–Crippen LogP) is 2.18. The number of rotatable bonds is 2. The van der Waals surface area contributed by atoms with E-state index < -0.39 is 0 Å². The summed E-state index contributed by atoms with van der Waals surface area (Å²) in [5.74, 6) is 0. The van der Waals surface area contributed by atoms with E-state index in [0.29, 0.717) is 10.8 Å². The molecule has 0 radical (unpaired) electrons. The number of nitrogens with one attached hydrogen (secondary N) is 1. The summed E-state index contributed by atoms with van der Waals surface area (Å²) in [6.45, 7) is 0. The molecule has 78 valence electrons. The molecule has 1 aliphatic rings. The number of tetrazole rings is 1. The quantitative estimate of drug-likeness (QED) is 0.791. The third-order valence-electron chi connectivity index (χ3n) is 2.79. The van der Waals surface area contributed by atoms with E-state index in [-0.39, 0.29) is 0 Å². The van der Waals surface area contributed by atoms with Gasteiger partial charge in [0.25, 0.3) is 0 Å². The van der Waals surface area contributed by atoms with E-state index in [2.05, 4.69) is 21.8 Å². The highest BCUT2D eigenvalue weighted by molar-refractivity contribution is 7.99. The Bertz CT molecular complexity index is 345. The van der Waals surface area contributed by atoms with Crippen molar-refractivity contribution >= 4 is 24.0 Å². The number of H-pyrrole nitrogens is 1. The highest BCUT2D eigenvalue weighted by Gasteiger charge is 2.23. The molecular weight excluding hydrogens is 216 g/mol. The molecule has 0 saturated heterocycles. The van der Waals surface area contributed by atoms with E-state index in [0.717, 1.165) is 5.25 Å². The molecule has 1 aromatic heterocycles. The highest BCUT2D eigenvalue weighted by Crippen LogP contribution is 2.33. The first-order valence-corrected chi connectivity index (χ1v) is 6.53. The number of aromatic nitrogens is 4. The monoisotopic (exact) mass is 230 g/mol. The largest absolute Gasteiger partial charge is 0.239 e. The van der Waals surface area contributed by atoms with Crippen LogP contribution in [0.25, 0.3) is 0 Å². The van der Waals surface area contributed by atoms with Crippen LogP contribution in [-0.2, 0) is 0 Å². The zero-order valence-corrected chi connectivity index (χ0v) is 9.77. The van der Waals surface area contributed by atoms with Crippen LogP contribution in [-0.4, -0.2) is 31.7 Å². The Kier molecular flexibility index (Phi) is 3.22. The molecule has 1 heterocycles. The van der Waals surface area contributed by atoms with Crippen molar-refractivity contribution in [3.8, 4) is 0 Å². The molecule has 1 fully saturated rings. The van der Waals surface area contributed by atoms with Gasteiger partial charge in [0.2, 0.25) is 4.77 Å². The van der Waals surface area contributed by atoms with E-state index in [1.165, 1.54) is 25.7 Å². The molecule has 6 heteroatoms. The minimum atomic E-state index is 0.476. The zero-order chi connectivity index (χ0) is 9.97. The van der Waals surface area contributed by atoms with E-state index >= 15 is 0 Å². The SMILES string of the molecule is CSC1CCCC(n2[nH]nnc2=S)C1. The Morgan fingerprint density at radius 1 is 1.57 bits per heavy atom. The second-order valence-electron chi connectivity index (χ2n) is 3.63. The summed E-state index contributed by atoms with van der Waals surface area (Å²) < 4.78 is 2.51. The summed E-state index contributed by atoms with van der Waals surface area (Å²) in [5, 5.41) is 11.2. The molecule has 0 spiro atoms. The standard InChI is InChI=1S/C8H14N4S2/c1-14-7-4-2-3-6(5-7)12-8(13)9-10-11-12/h6-7H,2-5H2,1H3,(H,9,11,13). The van der Waals surface area contributed by atoms with Gasteiger partial charge in [-0.3, -0.25) is 0 Å².